The third-order valence-electron chi connectivity index (χ3n) is 5.51. The molecule has 1 atom stereocenters. The van der Waals surface area contributed by atoms with E-state index in [0.717, 1.165) is 47.0 Å². The fourth-order valence-electron chi connectivity index (χ4n) is 3.84. The van der Waals surface area contributed by atoms with Crippen molar-refractivity contribution in [3.05, 3.63) is 59.7 Å². The molecule has 27 heavy (non-hydrogen) atoms. The molecule has 0 saturated carbocycles. The van der Waals surface area contributed by atoms with Crippen LogP contribution in [0.4, 0.5) is 0 Å². The molecule has 0 bridgehead atoms. The molecule has 0 aliphatic carbocycles. The highest BCUT2D eigenvalue weighted by atomic mass is 32.2. The third-order valence-corrected chi connectivity index (χ3v) is 6.56. The number of carbonyl (C=O) groups excluding carboxylic acids is 1. The molecule has 0 N–H and O–H groups in total. The highest BCUT2D eigenvalue weighted by Gasteiger charge is 2.27. The number of amides is 1. The normalized spacial score (nSPS) is 17.5. The molecule has 142 valence electrons. The Hall–Kier alpha value is -2.14. The average molecular weight is 384 g/mol. The minimum Gasteiger partial charge on any atom is -0.454 e. The fraction of sp³-hybridized carbons (Fsp3) is 0.409. The maximum Gasteiger partial charge on any atom is 0.231 e. The predicted octanol–water partition coefficient (Wildman–Crippen LogP) is 4.29. The van der Waals surface area contributed by atoms with E-state index in [1.54, 1.807) is 0 Å². The molecule has 2 aromatic rings. The first-order valence-electron chi connectivity index (χ1n) is 9.50. The van der Waals surface area contributed by atoms with Gasteiger partial charge in [0, 0.05) is 25.4 Å². The van der Waals surface area contributed by atoms with Gasteiger partial charge in [0.1, 0.15) is 0 Å². The third kappa shape index (κ3) is 4.08. The molecule has 5 heteroatoms. The van der Waals surface area contributed by atoms with Crippen LogP contribution in [0.15, 0.2) is 48.5 Å². The number of benzene rings is 2. The SMILES string of the molecule is CN(C(=O)C[C@H](c1ccccc1)c1ccc2c(c1)OCO2)C1CCSCC1. The molecule has 1 amide bonds. The van der Waals surface area contributed by atoms with Crippen LogP contribution in [-0.4, -0.2) is 42.2 Å². The number of fused-ring (bicyclic) bond motifs is 1. The molecular formula is C22H25NO3S. The molecule has 2 aromatic carbocycles. The van der Waals surface area contributed by atoms with Crippen LogP contribution in [0.2, 0.25) is 0 Å². The second kappa shape index (κ2) is 8.26. The Morgan fingerprint density at radius 1 is 1.07 bits per heavy atom. The largest absolute Gasteiger partial charge is 0.454 e. The minimum atomic E-state index is 0.00798. The van der Waals surface area contributed by atoms with Gasteiger partial charge >= 0.3 is 0 Å². The molecule has 0 aromatic heterocycles. The van der Waals surface area contributed by atoms with E-state index in [1.807, 2.05) is 54.0 Å². The van der Waals surface area contributed by atoms with E-state index < -0.39 is 0 Å². The van der Waals surface area contributed by atoms with Crippen molar-refractivity contribution >= 4 is 17.7 Å². The van der Waals surface area contributed by atoms with Crippen molar-refractivity contribution in [2.45, 2.75) is 31.2 Å². The van der Waals surface area contributed by atoms with Crippen molar-refractivity contribution in [2.24, 2.45) is 0 Å². The van der Waals surface area contributed by atoms with Gasteiger partial charge < -0.3 is 14.4 Å². The summed E-state index contributed by atoms with van der Waals surface area (Å²) in [5.74, 6) is 4.04. The molecule has 0 spiro atoms. The smallest absolute Gasteiger partial charge is 0.231 e. The van der Waals surface area contributed by atoms with E-state index in [4.69, 9.17) is 9.47 Å². The maximum atomic E-state index is 13.1. The monoisotopic (exact) mass is 383 g/mol. The van der Waals surface area contributed by atoms with Gasteiger partial charge in [-0.05, 0) is 47.6 Å². The summed E-state index contributed by atoms with van der Waals surface area (Å²) in [6.07, 6.45) is 2.64. The van der Waals surface area contributed by atoms with Gasteiger partial charge in [-0.15, -0.1) is 0 Å². The van der Waals surface area contributed by atoms with Crippen molar-refractivity contribution in [1.29, 1.82) is 0 Å². The standard InChI is InChI=1S/C22H25NO3S/c1-23(18-9-11-27-12-10-18)22(24)14-19(16-5-3-2-4-6-16)17-7-8-20-21(13-17)26-15-25-20/h2-8,13,18-19H,9-12,14-15H2,1H3/t19-/m1/s1. The summed E-state index contributed by atoms with van der Waals surface area (Å²) >= 11 is 1.98. The Kier molecular flexibility index (Phi) is 5.58. The summed E-state index contributed by atoms with van der Waals surface area (Å²) in [5, 5.41) is 0. The van der Waals surface area contributed by atoms with Crippen molar-refractivity contribution in [3.63, 3.8) is 0 Å². The number of hydrogen-bond donors (Lipinski definition) is 0. The Bertz CT molecular complexity index is 789. The van der Waals surface area contributed by atoms with E-state index in [-0.39, 0.29) is 18.6 Å². The second-order valence-electron chi connectivity index (χ2n) is 7.13. The van der Waals surface area contributed by atoms with Crippen molar-refractivity contribution in [1.82, 2.24) is 4.90 Å². The molecule has 2 aliphatic rings. The van der Waals surface area contributed by atoms with E-state index >= 15 is 0 Å². The van der Waals surface area contributed by atoms with Gasteiger partial charge in [-0.2, -0.15) is 11.8 Å². The highest BCUT2D eigenvalue weighted by molar-refractivity contribution is 7.99. The first-order valence-corrected chi connectivity index (χ1v) is 10.7. The van der Waals surface area contributed by atoms with Crippen LogP contribution >= 0.6 is 11.8 Å². The van der Waals surface area contributed by atoms with Crippen LogP contribution in [0, 0.1) is 0 Å². The van der Waals surface area contributed by atoms with Gasteiger partial charge in [0.25, 0.3) is 0 Å². The molecule has 4 nitrogen and oxygen atoms in total. The van der Waals surface area contributed by atoms with Crippen LogP contribution in [0.25, 0.3) is 0 Å². The summed E-state index contributed by atoms with van der Waals surface area (Å²) in [4.78, 5) is 15.1. The number of nitrogens with zero attached hydrogens (tertiary/aromatic N) is 1. The number of ether oxygens (including phenoxy) is 2. The van der Waals surface area contributed by atoms with E-state index in [2.05, 4.69) is 18.2 Å². The molecular weight excluding hydrogens is 358 g/mol. The first kappa shape index (κ1) is 18.2. The second-order valence-corrected chi connectivity index (χ2v) is 8.35. The molecule has 2 heterocycles. The summed E-state index contributed by atoms with van der Waals surface area (Å²) in [6, 6.07) is 16.6. The van der Waals surface area contributed by atoms with E-state index in [1.165, 1.54) is 0 Å². The maximum absolute atomic E-state index is 13.1. The number of hydrogen-bond acceptors (Lipinski definition) is 4. The lowest BCUT2D eigenvalue weighted by molar-refractivity contribution is -0.132. The summed E-state index contributed by atoms with van der Waals surface area (Å²) in [5.41, 5.74) is 2.24. The topological polar surface area (TPSA) is 38.8 Å². The molecule has 0 unspecified atom stereocenters. The van der Waals surface area contributed by atoms with Crippen LogP contribution in [0.5, 0.6) is 11.5 Å². The average Bonchev–Trinajstić information content (AvgIpc) is 3.20. The molecule has 1 saturated heterocycles. The number of carbonyl (C=O) groups is 1. The first-order chi connectivity index (χ1) is 13.2. The zero-order chi connectivity index (χ0) is 18.6. The van der Waals surface area contributed by atoms with Gasteiger partial charge in [-0.1, -0.05) is 36.4 Å². The van der Waals surface area contributed by atoms with Crippen molar-refractivity contribution in [2.75, 3.05) is 25.3 Å². The molecule has 2 aliphatic heterocycles. The Morgan fingerprint density at radius 2 is 1.81 bits per heavy atom. The van der Waals surface area contributed by atoms with Crippen LogP contribution in [0.1, 0.15) is 36.3 Å². The highest BCUT2D eigenvalue weighted by Crippen LogP contribution is 2.38. The lowest BCUT2D eigenvalue weighted by Gasteiger charge is -2.32. The van der Waals surface area contributed by atoms with Crippen LogP contribution < -0.4 is 9.47 Å². The molecule has 1 fully saturated rings. The van der Waals surface area contributed by atoms with Gasteiger partial charge in [-0.3, -0.25) is 4.79 Å². The lowest BCUT2D eigenvalue weighted by Crippen LogP contribution is -2.39. The fourth-order valence-corrected chi connectivity index (χ4v) is 4.92. The minimum absolute atomic E-state index is 0.00798. The number of rotatable bonds is 5. The lowest BCUT2D eigenvalue weighted by atomic mass is 9.87. The van der Waals surface area contributed by atoms with Gasteiger partial charge in [0.05, 0.1) is 0 Å². The quantitative estimate of drug-likeness (QED) is 0.772. The predicted molar refractivity (Wildman–Crippen MR) is 109 cm³/mol. The zero-order valence-electron chi connectivity index (χ0n) is 15.6. The summed E-state index contributed by atoms with van der Waals surface area (Å²) < 4.78 is 11.0. The molecule has 0 radical (unpaired) electrons. The van der Waals surface area contributed by atoms with Crippen LogP contribution in [0.3, 0.4) is 0 Å². The summed E-state index contributed by atoms with van der Waals surface area (Å²) in [7, 11) is 1.96. The van der Waals surface area contributed by atoms with Gasteiger partial charge in [0.15, 0.2) is 11.5 Å². The Labute approximate surface area is 164 Å². The summed E-state index contributed by atoms with van der Waals surface area (Å²) in [6.45, 7) is 0.260. The molecule has 4 rings (SSSR count). The van der Waals surface area contributed by atoms with E-state index in [0.29, 0.717) is 12.5 Å². The van der Waals surface area contributed by atoms with Gasteiger partial charge in [-0.25, -0.2) is 0 Å². The van der Waals surface area contributed by atoms with Crippen LogP contribution in [-0.2, 0) is 4.79 Å². The van der Waals surface area contributed by atoms with Crippen molar-refractivity contribution in [3.8, 4) is 11.5 Å². The Balaban J connectivity index is 1.58. The number of thioether (sulfide) groups is 1. The Morgan fingerprint density at radius 3 is 2.59 bits per heavy atom. The van der Waals surface area contributed by atoms with Crippen molar-refractivity contribution < 1.29 is 14.3 Å². The van der Waals surface area contributed by atoms with Gasteiger partial charge in [0.2, 0.25) is 12.7 Å². The van der Waals surface area contributed by atoms with E-state index in [9.17, 15) is 4.79 Å². The zero-order valence-corrected chi connectivity index (χ0v) is 16.4.